The minimum Gasteiger partial charge on any atom is -0.394 e. The largest absolute Gasteiger partial charge is 0.394 e. The summed E-state index contributed by atoms with van der Waals surface area (Å²) in [4.78, 5) is 13.2. The first-order valence-electron chi connectivity index (χ1n) is 31.8. The van der Waals surface area contributed by atoms with E-state index in [-0.39, 0.29) is 6.61 Å². The lowest BCUT2D eigenvalue weighted by Gasteiger charge is -2.40. The Balaban J connectivity index is 2.17. The summed E-state index contributed by atoms with van der Waals surface area (Å²) >= 11 is 0. The number of carbonyl (C=O) groups excluding carboxylic acids is 1. The first-order chi connectivity index (χ1) is 36.3. The molecule has 1 fully saturated rings. The van der Waals surface area contributed by atoms with Gasteiger partial charge in [0, 0.05) is 0 Å². The number of aliphatic hydroxyl groups is 6. The van der Waals surface area contributed by atoms with Crippen LogP contribution in [-0.4, -0.2) is 98.7 Å². The number of aliphatic hydroxyl groups excluding tert-OH is 6. The summed E-state index contributed by atoms with van der Waals surface area (Å²) in [6, 6.07) is -0.980. The molecule has 1 rings (SSSR count). The molecule has 0 saturated carbocycles. The summed E-state index contributed by atoms with van der Waals surface area (Å²) in [5, 5.41) is 65.2. The molecule has 0 aliphatic carbocycles. The summed E-state index contributed by atoms with van der Waals surface area (Å²) in [5.41, 5.74) is 0. The van der Waals surface area contributed by atoms with E-state index in [1.807, 2.05) is 6.08 Å². The van der Waals surface area contributed by atoms with Gasteiger partial charge in [-0.2, -0.15) is 0 Å². The Morgan fingerprint density at radius 3 is 1.20 bits per heavy atom. The predicted molar refractivity (Wildman–Crippen MR) is 310 cm³/mol. The van der Waals surface area contributed by atoms with Crippen molar-refractivity contribution in [3.05, 3.63) is 36.5 Å². The van der Waals surface area contributed by atoms with Gasteiger partial charge in [0.1, 0.15) is 30.5 Å². The number of nitrogens with one attached hydrogen (secondary N) is 1. The van der Waals surface area contributed by atoms with Crippen molar-refractivity contribution in [2.45, 2.75) is 352 Å². The molecule has 436 valence electrons. The van der Waals surface area contributed by atoms with Crippen molar-refractivity contribution in [3.8, 4) is 0 Å². The minimum atomic E-state index is -1.61. The van der Waals surface area contributed by atoms with Gasteiger partial charge in [0.25, 0.3) is 0 Å². The van der Waals surface area contributed by atoms with Crippen molar-refractivity contribution in [1.82, 2.24) is 5.32 Å². The van der Waals surface area contributed by atoms with Crippen molar-refractivity contribution >= 4 is 5.91 Å². The fourth-order valence-electron chi connectivity index (χ4n) is 10.2. The highest BCUT2D eigenvalue weighted by Gasteiger charge is 2.44. The molecule has 8 unspecified atom stereocenters. The number of hydrogen-bond donors (Lipinski definition) is 7. The number of allylic oxidation sites excluding steroid dienone is 5. The summed E-state index contributed by atoms with van der Waals surface area (Å²) in [5.74, 6) is -0.612. The predicted octanol–water partition coefficient (Wildman–Crippen LogP) is 15.3. The SMILES string of the molecule is CCCCCCCCCCC/C=C\C/C=C\CCCCCCCCCCCCCCCCCCC(O)C(=O)NC(COC1OC(CO)C(O)C(O)C1O)C(O)/C=C/CCCCCCCCCCCCCCCCC. The van der Waals surface area contributed by atoms with E-state index in [2.05, 4.69) is 43.5 Å². The third-order valence-electron chi connectivity index (χ3n) is 15.3. The quantitative estimate of drug-likeness (QED) is 0.0232. The zero-order valence-electron chi connectivity index (χ0n) is 48.2. The molecule has 7 N–H and O–H groups in total. The molecule has 74 heavy (non-hydrogen) atoms. The summed E-state index contributed by atoms with van der Waals surface area (Å²) in [6.45, 7) is 3.65. The maximum Gasteiger partial charge on any atom is 0.249 e. The van der Waals surface area contributed by atoms with Gasteiger partial charge < -0.3 is 45.4 Å². The highest BCUT2D eigenvalue weighted by atomic mass is 16.7. The second-order valence-corrected chi connectivity index (χ2v) is 22.3. The number of amides is 1. The molecule has 1 aliphatic rings. The van der Waals surface area contributed by atoms with Gasteiger partial charge in [-0.3, -0.25) is 4.79 Å². The van der Waals surface area contributed by atoms with Gasteiger partial charge in [-0.1, -0.05) is 288 Å². The smallest absolute Gasteiger partial charge is 0.249 e. The molecule has 0 radical (unpaired) electrons. The lowest BCUT2D eigenvalue weighted by molar-refractivity contribution is -0.302. The second-order valence-electron chi connectivity index (χ2n) is 22.3. The second kappa shape index (κ2) is 53.4. The molecule has 1 aliphatic heterocycles. The minimum absolute atomic E-state index is 0.303. The lowest BCUT2D eigenvalue weighted by atomic mass is 9.99. The first-order valence-corrected chi connectivity index (χ1v) is 31.8. The molecular weight excluding hydrogens is 927 g/mol. The van der Waals surface area contributed by atoms with Gasteiger partial charge in [0.2, 0.25) is 5.91 Å². The zero-order valence-corrected chi connectivity index (χ0v) is 48.2. The van der Waals surface area contributed by atoms with E-state index in [1.54, 1.807) is 6.08 Å². The monoisotopic (exact) mass is 1050 g/mol. The number of carbonyl (C=O) groups is 1. The van der Waals surface area contributed by atoms with Crippen LogP contribution in [0.15, 0.2) is 36.5 Å². The molecule has 1 amide bonds. The molecular formula is C64H121NO9. The Morgan fingerprint density at radius 2 is 0.824 bits per heavy atom. The van der Waals surface area contributed by atoms with Crippen LogP contribution in [0, 0.1) is 0 Å². The van der Waals surface area contributed by atoms with E-state index in [0.29, 0.717) is 6.42 Å². The summed E-state index contributed by atoms with van der Waals surface area (Å²) < 4.78 is 11.2. The Hall–Kier alpha value is -1.63. The van der Waals surface area contributed by atoms with Crippen LogP contribution < -0.4 is 5.32 Å². The standard InChI is InChI=1S/C64H121NO9/c1-3-5-7-9-11-13-15-17-19-21-22-23-24-25-26-27-28-29-30-31-32-33-34-35-37-39-41-43-45-47-49-51-53-58(68)63(72)65-56(55-73-64-62(71)61(70)60(69)59(54-66)74-64)57(67)52-50-48-46-44-42-40-38-36-20-18-16-14-12-10-8-6-4-2/h22-23,25-26,50,52,56-62,64,66-71H,3-21,24,27-49,51,53-55H2,1-2H3,(H,65,72)/b23-22-,26-25-,52-50+. The van der Waals surface area contributed by atoms with E-state index >= 15 is 0 Å². The van der Waals surface area contributed by atoms with Gasteiger partial charge >= 0.3 is 0 Å². The molecule has 10 heteroatoms. The van der Waals surface area contributed by atoms with Crippen molar-refractivity contribution in [2.75, 3.05) is 13.2 Å². The number of rotatable bonds is 55. The molecule has 0 spiro atoms. The van der Waals surface area contributed by atoms with Gasteiger partial charge in [0.15, 0.2) is 6.29 Å². The molecule has 0 bridgehead atoms. The number of ether oxygens (including phenoxy) is 2. The zero-order chi connectivity index (χ0) is 53.8. The highest BCUT2D eigenvalue weighted by molar-refractivity contribution is 5.80. The van der Waals surface area contributed by atoms with Crippen molar-refractivity contribution in [3.63, 3.8) is 0 Å². The van der Waals surface area contributed by atoms with Crippen LogP contribution in [0.5, 0.6) is 0 Å². The van der Waals surface area contributed by atoms with Crippen LogP contribution in [0.3, 0.4) is 0 Å². The Labute approximate surface area is 455 Å². The van der Waals surface area contributed by atoms with Crippen molar-refractivity contribution in [2.24, 2.45) is 0 Å². The number of unbranched alkanes of at least 4 members (excludes halogenated alkanes) is 40. The molecule has 10 nitrogen and oxygen atoms in total. The van der Waals surface area contributed by atoms with E-state index in [4.69, 9.17) is 9.47 Å². The van der Waals surface area contributed by atoms with E-state index in [0.717, 1.165) is 51.4 Å². The van der Waals surface area contributed by atoms with E-state index in [1.165, 1.54) is 231 Å². The maximum absolute atomic E-state index is 13.2. The van der Waals surface area contributed by atoms with Crippen molar-refractivity contribution in [1.29, 1.82) is 0 Å². The molecule has 8 atom stereocenters. The molecule has 0 aromatic heterocycles. The Bertz CT molecular complexity index is 1280. The maximum atomic E-state index is 13.2. The van der Waals surface area contributed by atoms with E-state index in [9.17, 15) is 35.4 Å². The highest BCUT2D eigenvalue weighted by Crippen LogP contribution is 2.23. The van der Waals surface area contributed by atoms with Gasteiger partial charge in [-0.05, 0) is 51.4 Å². The Morgan fingerprint density at radius 1 is 0.473 bits per heavy atom. The van der Waals surface area contributed by atoms with Crippen LogP contribution in [0.2, 0.25) is 0 Å². The first kappa shape index (κ1) is 70.4. The molecule has 1 heterocycles. The normalized spacial score (nSPS) is 19.6. The van der Waals surface area contributed by atoms with Crippen LogP contribution in [0.25, 0.3) is 0 Å². The molecule has 0 aromatic rings. The van der Waals surface area contributed by atoms with Gasteiger partial charge in [-0.15, -0.1) is 0 Å². The number of hydrogen-bond acceptors (Lipinski definition) is 9. The topological polar surface area (TPSA) is 169 Å². The van der Waals surface area contributed by atoms with Crippen LogP contribution >= 0.6 is 0 Å². The van der Waals surface area contributed by atoms with Crippen LogP contribution in [0.4, 0.5) is 0 Å². The third-order valence-corrected chi connectivity index (χ3v) is 15.3. The third kappa shape index (κ3) is 41.5. The fraction of sp³-hybridized carbons (Fsp3) is 0.891. The van der Waals surface area contributed by atoms with Gasteiger partial charge in [-0.25, -0.2) is 0 Å². The summed E-state index contributed by atoms with van der Waals surface area (Å²) in [7, 11) is 0. The summed E-state index contributed by atoms with van der Waals surface area (Å²) in [6.07, 6.45) is 59.8. The Kier molecular flexibility index (Phi) is 50.8. The van der Waals surface area contributed by atoms with Gasteiger partial charge in [0.05, 0.1) is 25.4 Å². The van der Waals surface area contributed by atoms with Crippen LogP contribution in [-0.2, 0) is 14.3 Å². The average Bonchev–Trinajstić information content (AvgIpc) is 3.40. The average molecular weight is 1050 g/mol. The molecule has 1 saturated heterocycles. The fourth-order valence-corrected chi connectivity index (χ4v) is 10.2. The lowest BCUT2D eigenvalue weighted by Crippen LogP contribution is -2.60. The van der Waals surface area contributed by atoms with Crippen molar-refractivity contribution < 1.29 is 44.9 Å². The van der Waals surface area contributed by atoms with E-state index < -0.39 is 61.5 Å². The molecule has 0 aromatic carbocycles. The van der Waals surface area contributed by atoms with Crippen LogP contribution in [0.1, 0.15) is 303 Å².